The van der Waals surface area contributed by atoms with Crippen molar-refractivity contribution in [1.29, 1.82) is 0 Å². The van der Waals surface area contributed by atoms with Gasteiger partial charge in [0.25, 0.3) is 5.91 Å². The van der Waals surface area contributed by atoms with E-state index in [0.717, 1.165) is 29.8 Å². The van der Waals surface area contributed by atoms with Crippen LogP contribution in [0.15, 0.2) is 48.5 Å². The number of benzene rings is 2. The van der Waals surface area contributed by atoms with E-state index in [0.29, 0.717) is 6.54 Å². The molecule has 0 atom stereocenters. The second kappa shape index (κ2) is 5.37. The zero-order chi connectivity index (χ0) is 13.9. The van der Waals surface area contributed by atoms with Crippen molar-refractivity contribution < 1.29 is 9.53 Å². The average molecular weight is 267 g/mol. The van der Waals surface area contributed by atoms with Gasteiger partial charge in [-0.05, 0) is 24.1 Å². The molecule has 1 heterocycles. The molecule has 0 unspecified atom stereocenters. The fourth-order valence-electron chi connectivity index (χ4n) is 2.64. The predicted molar refractivity (Wildman–Crippen MR) is 77.9 cm³/mol. The first kappa shape index (κ1) is 12.7. The molecule has 102 valence electrons. The quantitative estimate of drug-likeness (QED) is 0.852. The van der Waals surface area contributed by atoms with Crippen molar-refractivity contribution in [3.63, 3.8) is 0 Å². The van der Waals surface area contributed by atoms with Gasteiger partial charge in [0.2, 0.25) is 0 Å². The SMILES string of the molecule is COc1cccc2c1CN(CCc1ccccc1)C2=O. The van der Waals surface area contributed by atoms with E-state index < -0.39 is 0 Å². The van der Waals surface area contributed by atoms with Gasteiger partial charge < -0.3 is 9.64 Å². The summed E-state index contributed by atoms with van der Waals surface area (Å²) in [6.07, 6.45) is 0.878. The maximum atomic E-state index is 12.4. The van der Waals surface area contributed by atoms with E-state index in [4.69, 9.17) is 4.74 Å². The van der Waals surface area contributed by atoms with Gasteiger partial charge in [-0.3, -0.25) is 4.79 Å². The molecule has 0 aliphatic carbocycles. The average Bonchev–Trinajstić information content (AvgIpc) is 2.83. The second-order valence-electron chi connectivity index (χ2n) is 4.95. The van der Waals surface area contributed by atoms with E-state index in [-0.39, 0.29) is 5.91 Å². The lowest BCUT2D eigenvalue weighted by Crippen LogP contribution is -2.26. The Morgan fingerprint density at radius 1 is 1.10 bits per heavy atom. The zero-order valence-corrected chi connectivity index (χ0v) is 11.5. The third-order valence-electron chi connectivity index (χ3n) is 3.73. The number of hydrogen-bond acceptors (Lipinski definition) is 2. The standard InChI is InChI=1S/C17H17NO2/c1-20-16-9-5-8-14-15(16)12-18(17(14)19)11-10-13-6-3-2-4-7-13/h2-9H,10-12H2,1H3. The van der Waals surface area contributed by atoms with Crippen LogP contribution >= 0.6 is 0 Å². The first-order chi connectivity index (χ1) is 9.79. The topological polar surface area (TPSA) is 29.5 Å². The normalized spacial score (nSPS) is 13.4. The van der Waals surface area contributed by atoms with Crippen LogP contribution in [0.1, 0.15) is 21.5 Å². The summed E-state index contributed by atoms with van der Waals surface area (Å²) >= 11 is 0. The number of rotatable bonds is 4. The Hall–Kier alpha value is -2.29. The number of carbonyl (C=O) groups is 1. The Morgan fingerprint density at radius 2 is 1.90 bits per heavy atom. The van der Waals surface area contributed by atoms with Crippen molar-refractivity contribution in [2.45, 2.75) is 13.0 Å². The van der Waals surface area contributed by atoms with Gasteiger partial charge in [-0.1, -0.05) is 36.4 Å². The van der Waals surface area contributed by atoms with Gasteiger partial charge in [-0.2, -0.15) is 0 Å². The lowest BCUT2D eigenvalue weighted by atomic mass is 10.1. The van der Waals surface area contributed by atoms with Crippen LogP contribution in [0.2, 0.25) is 0 Å². The van der Waals surface area contributed by atoms with Crippen LogP contribution in [0.4, 0.5) is 0 Å². The van der Waals surface area contributed by atoms with E-state index in [1.807, 2.05) is 41.3 Å². The molecule has 0 saturated heterocycles. The highest BCUT2D eigenvalue weighted by molar-refractivity contribution is 5.99. The molecule has 3 rings (SSSR count). The molecule has 3 heteroatoms. The minimum atomic E-state index is 0.106. The number of methoxy groups -OCH3 is 1. The minimum absolute atomic E-state index is 0.106. The highest BCUT2D eigenvalue weighted by Crippen LogP contribution is 2.30. The molecule has 3 nitrogen and oxygen atoms in total. The van der Waals surface area contributed by atoms with Crippen molar-refractivity contribution >= 4 is 5.91 Å². The fraction of sp³-hybridized carbons (Fsp3) is 0.235. The molecule has 0 spiro atoms. The summed E-state index contributed by atoms with van der Waals surface area (Å²) in [7, 11) is 1.65. The van der Waals surface area contributed by atoms with Crippen LogP contribution in [-0.2, 0) is 13.0 Å². The molecule has 0 saturated carbocycles. The van der Waals surface area contributed by atoms with Gasteiger partial charge in [-0.15, -0.1) is 0 Å². The summed E-state index contributed by atoms with van der Waals surface area (Å²) in [5.74, 6) is 0.910. The van der Waals surface area contributed by atoms with E-state index in [2.05, 4.69) is 12.1 Å². The lowest BCUT2D eigenvalue weighted by Gasteiger charge is -2.15. The molecule has 2 aromatic rings. The van der Waals surface area contributed by atoms with E-state index in [9.17, 15) is 4.79 Å². The molecule has 20 heavy (non-hydrogen) atoms. The molecule has 0 N–H and O–H groups in total. The smallest absolute Gasteiger partial charge is 0.254 e. The van der Waals surface area contributed by atoms with E-state index >= 15 is 0 Å². The number of fused-ring (bicyclic) bond motifs is 1. The van der Waals surface area contributed by atoms with Crippen LogP contribution < -0.4 is 4.74 Å². The maximum Gasteiger partial charge on any atom is 0.254 e. The molecule has 0 fully saturated rings. The Balaban J connectivity index is 1.74. The number of carbonyl (C=O) groups excluding carboxylic acids is 1. The summed E-state index contributed by atoms with van der Waals surface area (Å²) in [4.78, 5) is 14.2. The Bertz CT molecular complexity index is 622. The summed E-state index contributed by atoms with van der Waals surface area (Å²) < 4.78 is 5.34. The minimum Gasteiger partial charge on any atom is -0.496 e. The molecular formula is C17H17NO2. The van der Waals surface area contributed by atoms with Gasteiger partial charge >= 0.3 is 0 Å². The van der Waals surface area contributed by atoms with Gasteiger partial charge in [0.05, 0.1) is 13.7 Å². The molecule has 0 radical (unpaired) electrons. The number of nitrogens with zero attached hydrogens (tertiary/aromatic N) is 1. The van der Waals surface area contributed by atoms with Crippen LogP contribution in [-0.4, -0.2) is 24.5 Å². The summed E-state index contributed by atoms with van der Waals surface area (Å²) in [6.45, 7) is 1.38. The molecule has 0 aromatic heterocycles. The molecule has 1 aliphatic rings. The zero-order valence-electron chi connectivity index (χ0n) is 11.5. The summed E-state index contributed by atoms with van der Waals surface area (Å²) in [6, 6.07) is 15.9. The Kier molecular flexibility index (Phi) is 3.42. The number of amides is 1. The third kappa shape index (κ3) is 2.27. The molecule has 1 aliphatic heterocycles. The third-order valence-corrected chi connectivity index (χ3v) is 3.73. The maximum absolute atomic E-state index is 12.4. The summed E-state index contributed by atoms with van der Waals surface area (Å²) in [5, 5.41) is 0. The van der Waals surface area contributed by atoms with Gasteiger partial charge in [0.15, 0.2) is 0 Å². The monoisotopic (exact) mass is 267 g/mol. The largest absolute Gasteiger partial charge is 0.496 e. The van der Waals surface area contributed by atoms with Crippen LogP contribution in [0.5, 0.6) is 5.75 Å². The second-order valence-corrected chi connectivity index (χ2v) is 4.95. The highest BCUT2D eigenvalue weighted by atomic mass is 16.5. The van der Waals surface area contributed by atoms with Crippen LogP contribution in [0, 0.1) is 0 Å². The Morgan fingerprint density at radius 3 is 2.65 bits per heavy atom. The molecular weight excluding hydrogens is 250 g/mol. The van der Waals surface area contributed by atoms with Crippen LogP contribution in [0.25, 0.3) is 0 Å². The fourth-order valence-corrected chi connectivity index (χ4v) is 2.64. The first-order valence-corrected chi connectivity index (χ1v) is 6.78. The Labute approximate surface area is 118 Å². The number of hydrogen-bond donors (Lipinski definition) is 0. The van der Waals surface area contributed by atoms with Crippen molar-refractivity contribution in [3.8, 4) is 5.75 Å². The highest BCUT2D eigenvalue weighted by Gasteiger charge is 2.29. The van der Waals surface area contributed by atoms with Gasteiger partial charge in [0.1, 0.15) is 5.75 Å². The summed E-state index contributed by atoms with van der Waals surface area (Å²) in [5.41, 5.74) is 3.04. The molecule has 0 bridgehead atoms. The van der Waals surface area contributed by atoms with Crippen LogP contribution in [0.3, 0.4) is 0 Å². The van der Waals surface area contributed by atoms with E-state index in [1.165, 1.54) is 5.56 Å². The van der Waals surface area contributed by atoms with Crippen molar-refractivity contribution in [3.05, 3.63) is 65.2 Å². The first-order valence-electron chi connectivity index (χ1n) is 6.78. The molecule has 2 aromatic carbocycles. The van der Waals surface area contributed by atoms with Gasteiger partial charge in [-0.25, -0.2) is 0 Å². The van der Waals surface area contributed by atoms with E-state index in [1.54, 1.807) is 7.11 Å². The van der Waals surface area contributed by atoms with Gasteiger partial charge in [0, 0.05) is 17.7 Å². The number of ether oxygens (including phenoxy) is 1. The van der Waals surface area contributed by atoms with Crippen molar-refractivity contribution in [1.82, 2.24) is 4.90 Å². The molecule has 1 amide bonds. The van der Waals surface area contributed by atoms with Crippen molar-refractivity contribution in [2.24, 2.45) is 0 Å². The lowest BCUT2D eigenvalue weighted by molar-refractivity contribution is 0.0780. The predicted octanol–water partition coefficient (Wildman–Crippen LogP) is 2.89. The van der Waals surface area contributed by atoms with Crippen molar-refractivity contribution in [2.75, 3.05) is 13.7 Å².